The van der Waals surface area contributed by atoms with Crippen LogP contribution in [-0.4, -0.2) is 19.1 Å². The van der Waals surface area contributed by atoms with E-state index >= 15 is 0 Å². The van der Waals surface area contributed by atoms with Gasteiger partial charge >= 0.3 is 0 Å². The van der Waals surface area contributed by atoms with E-state index in [-0.39, 0.29) is 5.75 Å². The third-order valence-electron chi connectivity index (χ3n) is 6.68. The zero-order valence-electron chi connectivity index (χ0n) is 18.8. The molecule has 0 fully saturated rings. The van der Waals surface area contributed by atoms with Crippen molar-refractivity contribution < 1.29 is 5.11 Å². The quantitative estimate of drug-likeness (QED) is 0.336. The SMILES string of the molecule is CCn1cc(Cc2c(-c3ccc4ccccc4c3O)nc3ccccn23)c2c(C)cccc21. The van der Waals surface area contributed by atoms with Gasteiger partial charge < -0.3 is 14.1 Å². The molecule has 162 valence electrons. The smallest absolute Gasteiger partial charge is 0.137 e. The normalized spacial score (nSPS) is 11.7. The molecule has 0 amide bonds. The molecule has 0 atom stereocenters. The molecule has 3 heterocycles. The van der Waals surface area contributed by atoms with Crippen molar-refractivity contribution in [3.8, 4) is 17.0 Å². The van der Waals surface area contributed by atoms with Gasteiger partial charge in [-0.2, -0.15) is 0 Å². The second kappa shape index (κ2) is 7.52. The van der Waals surface area contributed by atoms with Crippen molar-refractivity contribution in [2.45, 2.75) is 26.8 Å². The van der Waals surface area contributed by atoms with Crippen LogP contribution in [0.1, 0.15) is 23.7 Å². The minimum absolute atomic E-state index is 0.282. The zero-order valence-corrected chi connectivity index (χ0v) is 18.8. The number of nitrogens with zero attached hydrogens (tertiary/aromatic N) is 3. The van der Waals surface area contributed by atoms with Gasteiger partial charge in [-0.25, -0.2) is 4.98 Å². The maximum Gasteiger partial charge on any atom is 0.137 e. The highest BCUT2D eigenvalue weighted by Gasteiger charge is 2.20. The molecule has 33 heavy (non-hydrogen) atoms. The highest BCUT2D eigenvalue weighted by molar-refractivity contribution is 5.95. The highest BCUT2D eigenvalue weighted by Crippen LogP contribution is 2.38. The van der Waals surface area contributed by atoms with E-state index in [0.717, 1.165) is 46.3 Å². The van der Waals surface area contributed by atoms with Gasteiger partial charge in [-0.3, -0.25) is 0 Å². The molecule has 1 N–H and O–H groups in total. The Hall–Kier alpha value is -4.05. The van der Waals surface area contributed by atoms with Crippen LogP contribution in [0.2, 0.25) is 0 Å². The molecule has 0 unspecified atom stereocenters. The molecule has 0 saturated carbocycles. The molecule has 6 aromatic rings. The Balaban J connectivity index is 1.60. The van der Waals surface area contributed by atoms with Crippen molar-refractivity contribution in [1.29, 1.82) is 0 Å². The van der Waals surface area contributed by atoms with Gasteiger partial charge in [0.2, 0.25) is 0 Å². The first-order valence-corrected chi connectivity index (χ1v) is 11.4. The van der Waals surface area contributed by atoms with Crippen molar-refractivity contribution in [3.05, 3.63) is 102 Å². The monoisotopic (exact) mass is 431 g/mol. The fraction of sp³-hybridized carbons (Fsp3) is 0.138. The van der Waals surface area contributed by atoms with Crippen LogP contribution in [0.15, 0.2) is 85.2 Å². The number of aromatic hydroxyl groups is 1. The summed E-state index contributed by atoms with van der Waals surface area (Å²) in [5.74, 6) is 0.282. The summed E-state index contributed by atoms with van der Waals surface area (Å²) in [6, 6.07) is 24.5. The predicted molar refractivity (Wildman–Crippen MR) is 135 cm³/mol. The number of fused-ring (bicyclic) bond motifs is 3. The molecule has 0 spiro atoms. The summed E-state index contributed by atoms with van der Waals surface area (Å²) in [6.07, 6.45) is 5.05. The van der Waals surface area contributed by atoms with Crippen molar-refractivity contribution in [1.82, 2.24) is 14.0 Å². The molecule has 6 rings (SSSR count). The lowest BCUT2D eigenvalue weighted by Gasteiger charge is -2.09. The lowest BCUT2D eigenvalue weighted by atomic mass is 9.99. The van der Waals surface area contributed by atoms with Gasteiger partial charge in [0.05, 0.1) is 11.4 Å². The number of imidazole rings is 1. The third kappa shape index (κ3) is 3.02. The van der Waals surface area contributed by atoms with Crippen LogP contribution in [0.25, 0.3) is 38.6 Å². The van der Waals surface area contributed by atoms with Gasteiger partial charge in [-0.1, -0.05) is 48.5 Å². The highest BCUT2D eigenvalue weighted by atomic mass is 16.3. The lowest BCUT2D eigenvalue weighted by Crippen LogP contribution is -1.97. The Labute approximate surface area is 192 Å². The fourth-order valence-corrected chi connectivity index (χ4v) is 5.09. The predicted octanol–water partition coefficient (Wildman–Crippen LogP) is 6.73. The minimum atomic E-state index is 0.282. The molecular formula is C29H25N3O. The van der Waals surface area contributed by atoms with E-state index < -0.39 is 0 Å². The van der Waals surface area contributed by atoms with Crippen molar-refractivity contribution >= 4 is 27.3 Å². The average Bonchev–Trinajstić information content (AvgIpc) is 3.39. The van der Waals surface area contributed by atoms with Crippen molar-refractivity contribution in [2.24, 2.45) is 0 Å². The fourth-order valence-electron chi connectivity index (χ4n) is 5.09. The van der Waals surface area contributed by atoms with Crippen LogP contribution < -0.4 is 0 Å². The number of phenols is 1. The molecule has 3 aromatic carbocycles. The van der Waals surface area contributed by atoms with Crippen LogP contribution in [0.3, 0.4) is 0 Å². The average molecular weight is 432 g/mol. The van der Waals surface area contributed by atoms with Gasteiger partial charge in [-0.15, -0.1) is 0 Å². The summed E-state index contributed by atoms with van der Waals surface area (Å²) in [5.41, 5.74) is 7.37. The number of aryl methyl sites for hydroxylation is 2. The van der Waals surface area contributed by atoms with Crippen LogP contribution >= 0.6 is 0 Å². The Morgan fingerprint density at radius 2 is 1.76 bits per heavy atom. The van der Waals surface area contributed by atoms with Gasteiger partial charge in [-0.05, 0) is 54.6 Å². The van der Waals surface area contributed by atoms with E-state index in [1.807, 2.05) is 48.5 Å². The first kappa shape index (κ1) is 19.6. The summed E-state index contributed by atoms with van der Waals surface area (Å²) in [6.45, 7) is 5.28. The van der Waals surface area contributed by atoms with Crippen LogP contribution in [-0.2, 0) is 13.0 Å². The van der Waals surface area contributed by atoms with Gasteiger partial charge in [0.15, 0.2) is 0 Å². The first-order valence-electron chi connectivity index (χ1n) is 11.4. The Bertz CT molecular complexity index is 1650. The van der Waals surface area contributed by atoms with E-state index in [4.69, 9.17) is 4.98 Å². The number of aromatic nitrogens is 3. The van der Waals surface area contributed by atoms with Gasteiger partial charge in [0, 0.05) is 47.2 Å². The third-order valence-corrected chi connectivity index (χ3v) is 6.68. The van der Waals surface area contributed by atoms with E-state index in [2.05, 4.69) is 59.5 Å². The molecule has 0 aliphatic heterocycles. The number of benzene rings is 3. The number of rotatable bonds is 4. The Morgan fingerprint density at radius 3 is 2.64 bits per heavy atom. The molecule has 4 heteroatoms. The molecule has 0 bridgehead atoms. The number of hydrogen-bond acceptors (Lipinski definition) is 2. The topological polar surface area (TPSA) is 42.5 Å². The standard InChI is InChI=1S/C29H25N3O/c1-3-31-18-21(27-19(2)9-8-12-24(27)31)17-25-28(30-26-13-6-7-16-32(25)26)23-15-14-20-10-4-5-11-22(20)29(23)33/h4-16,18,33H,3,17H2,1-2H3. The van der Waals surface area contributed by atoms with Gasteiger partial charge in [0.25, 0.3) is 0 Å². The molecule has 3 aromatic heterocycles. The second-order valence-electron chi connectivity index (χ2n) is 8.60. The molecule has 4 nitrogen and oxygen atoms in total. The molecule has 0 radical (unpaired) electrons. The molecular weight excluding hydrogens is 406 g/mol. The number of phenolic OH excluding ortho intramolecular Hbond substituents is 1. The van der Waals surface area contributed by atoms with E-state index in [1.54, 1.807) is 0 Å². The van der Waals surface area contributed by atoms with Crippen LogP contribution in [0, 0.1) is 6.92 Å². The maximum atomic E-state index is 11.2. The first-order chi connectivity index (χ1) is 16.2. The molecule has 0 saturated heterocycles. The summed E-state index contributed by atoms with van der Waals surface area (Å²) in [7, 11) is 0. The minimum Gasteiger partial charge on any atom is -0.507 e. The van der Waals surface area contributed by atoms with Gasteiger partial charge in [0.1, 0.15) is 11.4 Å². The molecule has 0 aliphatic rings. The Morgan fingerprint density at radius 1 is 0.909 bits per heavy atom. The van der Waals surface area contributed by atoms with Crippen molar-refractivity contribution in [2.75, 3.05) is 0 Å². The summed E-state index contributed by atoms with van der Waals surface area (Å²) in [4.78, 5) is 4.97. The Kier molecular flexibility index (Phi) is 4.47. The molecule has 0 aliphatic carbocycles. The zero-order chi connectivity index (χ0) is 22.5. The second-order valence-corrected chi connectivity index (χ2v) is 8.60. The number of hydrogen-bond donors (Lipinski definition) is 1. The van der Waals surface area contributed by atoms with Crippen LogP contribution in [0.5, 0.6) is 5.75 Å². The summed E-state index contributed by atoms with van der Waals surface area (Å²) in [5, 5.41) is 14.4. The lowest BCUT2D eigenvalue weighted by molar-refractivity contribution is 0.483. The summed E-state index contributed by atoms with van der Waals surface area (Å²) >= 11 is 0. The number of pyridine rings is 1. The van der Waals surface area contributed by atoms with Crippen molar-refractivity contribution in [3.63, 3.8) is 0 Å². The van der Waals surface area contributed by atoms with E-state index in [0.29, 0.717) is 0 Å². The van der Waals surface area contributed by atoms with E-state index in [1.165, 1.54) is 22.0 Å². The maximum absolute atomic E-state index is 11.2. The van der Waals surface area contributed by atoms with E-state index in [9.17, 15) is 5.11 Å². The van der Waals surface area contributed by atoms with Crippen LogP contribution in [0.4, 0.5) is 0 Å². The largest absolute Gasteiger partial charge is 0.507 e. The summed E-state index contributed by atoms with van der Waals surface area (Å²) < 4.78 is 4.46.